The molecule has 0 radical (unpaired) electrons. The molecule has 0 spiro atoms. The number of para-hydroxylation sites is 1. The van der Waals surface area contributed by atoms with Gasteiger partial charge in [0.15, 0.2) is 5.82 Å². The number of hydrogen-bond donors (Lipinski definition) is 4. The monoisotopic (exact) mass is 338 g/mol. The van der Waals surface area contributed by atoms with Crippen molar-refractivity contribution in [3.63, 3.8) is 0 Å². The van der Waals surface area contributed by atoms with Gasteiger partial charge in [-0.3, -0.25) is 0 Å². The van der Waals surface area contributed by atoms with Gasteiger partial charge in [0.2, 0.25) is 0 Å². The van der Waals surface area contributed by atoms with Crippen molar-refractivity contribution in [1.29, 1.82) is 0 Å². The predicted octanol–water partition coefficient (Wildman–Crippen LogP) is 2.46. The molecule has 1 aliphatic heterocycles. The maximum absolute atomic E-state index is 6.94. The average Bonchev–Trinajstić information content (AvgIpc) is 3.08. The molecule has 0 saturated heterocycles. The summed E-state index contributed by atoms with van der Waals surface area (Å²) in [5.41, 5.74) is 19.0. The van der Waals surface area contributed by atoms with E-state index in [1.54, 1.807) is 6.20 Å². The van der Waals surface area contributed by atoms with E-state index < -0.39 is 5.66 Å². The second kappa shape index (κ2) is 6.20. The van der Waals surface area contributed by atoms with E-state index in [1.807, 2.05) is 41.2 Å². The number of benzene rings is 1. The first-order valence-corrected chi connectivity index (χ1v) is 8.97. The number of fused-ring (bicyclic) bond motifs is 1. The second-order valence-corrected chi connectivity index (χ2v) is 7.20. The third kappa shape index (κ3) is 2.81. The summed E-state index contributed by atoms with van der Waals surface area (Å²) in [6.45, 7) is 2.10. The molecular weight excluding hydrogens is 312 g/mol. The molecule has 25 heavy (non-hydrogen) atoms. The number of imidazole rings is 1. The number of rotatable bonds is 3. The molecule has 1 aromatic carbocycles. The Balaban J connectivity index is 1.73. The fourth-order valence-corrected chi connectivity index (χ4v) is 4.02. The molecule has 2 heterocycles. The van der Waals surface area contributed by atoms with Crippen LogP contribution in [-0.2, 0) is 0 Å². The van der Waals surface area contributed by atoms with Crippen LogP contribution in [0, 0.1) is 5.92 Å². The van der Waals surface area contributed by atoms with Gasteiger partial charge < -0.3 is 22.2 Å². The van der Waals surface area contributed by atoms with E-state index in [9.17, 15) is 0 Å². The van der Waals surface area contributed by atoms with E-state index in [4.69, 9.17) is 11.5 Å². The molecule has 2 aliphatic rings. The van der Waals surface area contributed by atoms with Crippen LogP contribution < -0.4 is 22.2 Å². The predicted molar refractivity (Wildman–Crippen MR) is 101 cm³/mol. The first-order valence-electron chi connectivity index (χ1n) is 8.97. The molecule has 132 valence electrons. The van der Waals surface area contributed by atoms with Crippen molar-refractivity contribution in [3.8, 4) is 0 Å². The molecule has 1 atom stereocenters. The quantitative estimate of drug-likeness (QED) is 0.690. The van der Waals surface area contributed by atoms with Crippen LogP contribution in [0.3, 0.4) is 0 Å². The van der Waals surface area contributed by atoms with Crippen LogP contribution in [0.1, 0.15) is 38.4 Å². The number of nitrogens with one attached hydrogen (secondary N) is 2. The van der Waals surface area contributed by atoms with Crippen molar-refractivity contribution in [3.05, 3.63) is 54.1 Å². The Hall–Kier alpha value is -2.31. The maximum Gasteiger partial charge on any atom is 0.175 e. The molecule has 6 nitrogen and oxygen atoms in total. The number of hydrogen-bond acceptors (Lipinski definition) is 5. The molecule has 2 aromatic rings. The molecule has 1 unspecified atom stereocenters. The molecule has 6 N–H and O–H groups in total. The maximum atomic E-state index is 6.94. The van der Waals surface area contributed by atoms with E-state index >= 15 is 0 Å². The topological polar surface area (TPSA) is 93.9 Å². The van der Waals surface area contributed by atoms with Gasteiger partial charge in [0.1, 0.15) is 5.66 Å². The summed E-state index contributed by atoms with van der Waals surface area (Å²) >= 11 is 0. The minimum atomic E-state index is -0.606. The largest absolute Gasteiger partial charge is 0.352 e. The first-order chi connectivity index (χ1) is 12.1. The van der Waals surface area contributed by atoms with E-state index in [2.05, 4.69) is 22.7 Å². The SMILES string of the molecule is CC1=C(Nc2ccccc2)c2nccn2NC1(N)C1CCC(N)CC1. The summed E-state index contributed by atoms with van der Waals surface area (Å²) < 4.78 is 1.94. The van der Waals surface area contributed by atoms with Gasteiger partial charge in [-0.05, 0) is 50.3 Å². The van der Waals surface area contributed by atoms with Crippen LogP contribution >= 0.6 is 0 Å². The third-order valence-corrected chi connectivity index (χ3v) is 5.62. The van der Waals surface area contributed by atoms with Crippen LogP contribution in [0.2, 0.25) is 0 Å². The highest BCUT2D eigenvalue weighted by Crippen LogP contribution is 2.39. The molecule has 0 bridgehead atoms. The Morgan fingerprint density at radius 2 is 1.92 bits per heavy atom. The standard InChI is InChI=1S/C19H26N6/c1-13-17(23-16-5-3-2-4-6-16)18-22-11-12-25(18)24-19(13,21)14-7-9-15(20)10-8-14/h2-6,11-12,14-15,23-24H,7-10,20-21H2,1H3. The van der Waals surface area contributed by atoms with Crippen molar-refractivity contribution < 1.29 is 0 Å². The van der Waals surface area contributed by atoms with Crippen LogP contribution in [0.15, 0.2) is 48.3 Å². The summed E-state index contributed by atoms with van der Waals surface area (Å²) in [5, 5.41) is 3.53. The molecule has 4 rings (SSSR count). The second-order valence-electron chi connectivity index (χ2n) is 7.20. The Bertz CT molecular complexity index is 772. The van der Waals surface area contributed by atoms with Gasteiger partial charge in [0, 0.05) is 30.0 Å². The Morgan fingerprint density at radius 3 is 2.64 bits per heavy atom. The molecule has 1 aliphatic carbocycles. The zero-order chi connectivity index (χ0) is 17.4. The van der Waals surface area contributed by atoms with E-state index in [-0.39, 0.29) is 0 Å². The van der Waals surface area contributed by atoms with Gasteiger partial charge in [0.05, 0.1) is 5.70 Å². The van der Waals surface area contributed by atoms with Crippen LogP contribution in [0.5, 0.6) is 0 Å². The van der Waals surface area contributed by atoms with E-state index in [1.165, 1.54) is 0 Å². The Kier molecular flexibility index (Phi) is 4.01. The number of nitrogens with two attached hydrogens (primary N) is 2. The van der Waals surface area contributed by atoms with Gasteiger partial charge in [-0.1, -0.05) is 18.2 Å². The summed E-state index contributed by atoms with van der Waals surface area (Å²) in [6, 6.07) is 10.4. The Labute approximate surface area is 148 Å². The minimum Gasteiger partial charge on any atom is -0.352 e. The van der Waals surface area contributed by atoms with Gasteiger partial charge in [0.25, 0.3) is 0 Å². The highest BCUT2D eigenvalue weighted by atomic mass is 15.5. The van der Waals surface area contributed by atoms with Crippen LogP contribution in [0.4, 0.5) is 5.69 Å². The molecule has 0 amide bonds. The summed E-state index contributed by atoms with van der Waals surface area (Å²) in [7, 11) is 0. The van der Waals surface area contributed by atoms with Crippen molar-refractivity contribution >= 4 is 11.4 Å². The van der Waals surface area contributed by atoms with Crippen molar-refractivity contribution in [2.24, 2.45) is 17.4 Å². The minimum absolute atomic E-state index is 0.304. The molecule has 1 fully saturated rings. The fraction of sp³-hybridized carbons (Fsp3) is 0.421. The first kappa shape index (κ1) is 16.2. The van der Waals surface area contributed by atoms with Gasteiger partial charge in [-0.2, -0.15) is 0 Å². The molecule has 6 heteroatoms. The number of aromatic nitrogens is 2. The molecular formula is C19H26N6. The normalized spacial score (nSPS) is 29.1. The van der Waals surface area contributed by atoms with Gasteiger partial charge >= 0.3 is 0 Å². The van der Waals surface area contributed by atoms with E-state index in [0.29, 0.717) is 12.0 Å². The van der Waals surface area contributed by atoms with Crippen LogP contribution in [0.25, 0.3) is 5.70 Å². The number of nitrogens with zero attached hydrogens (tertiary/aromatic N) is 2. The summed E-state index contributed by atoms with van der Waals surface area (Å²) in [6.07, 6.45) is 7.83. The average molecular weight is 338 g/mol. The lowest BCUT2D eigenvalue weighted by Crippen LogP contribution is -2.61. The zero-order valence-corrected chi connectivity index (χ0v) is 14.6. The fourth-order valence-electron chi connectivity index (χ4n) is 4.02. The lowest BCUT2D eigenvalue weighted by Gasteiger charge is -2.46. The van der Waals surface area contributed by atoms with Crippen molar-refractivity contribution in [2.75, 3.05) is 10.7 Å². The molecule has 1 saturated carbocycles. The highest BCUT2D eigenvalue weighted by Gasteiger charge is 2.43. The summed E-state index contributed by atoms with van der Waals surface area (Å²) in [5.74, 6) is 1.20. The Morgan fingerprint density at radius 1 is 1.20 bits per heavy atom. The third-order valence-electron chi connectivity index (χ3n) is 5.62. The zero-order valence-electron chi connectivity index (χ0n) is 14.6. The van der Waals surface area contributed by atoms with Crippen molar-refractivity contribution in [2.45, 2.75) is 44.3 Å². The highest BCUT2D eigenvalue weighted by molar-refractivity contribution is 5.78. The van der Waals surface area contributed by atoms with E-state index in [0.717, 1.165) is 48.5 Å². The summed E-state index contributed by atoms with van der Waals surface area (Å²) in [4.78, 5) is 4.51. The van der Waals surface area contributed by atoms with Gasteiger partial charge in [-0.25, -0.2) is 9.66 Å². The smallest absolute Gasteiger partial charge is 0.175 e. The van der Waals surface area contributed by atoms with Crippen molar-refractivity contribution in [1.82, 2.24) is 9.66 Å². The number of anilines is 1. The lowest BCUT2D eigenvalue weighted by molar-refractivity contribution is 0.229. The molecule has 1 aromatic heterocycles. The van der Waals surface area contributed by atoms with Gasteiger partial charge in [-0.15, -0.1) is 0 Å². The lowest BCUT2D eigenvalue weighted by atomic mass is 9.75. The van der Waals surface area contributed by atoms with Crippen LogP contribution in [-0.4, -0.2) is 21.4 Å².